The van der Waals surface area contributed by atoms with Crippen LogP contribution in [0, 0.1) is 0 Å². The van der Waals surface area contributed by atoms with Gasteiger partial charge in [-0.15, -0.1) is 11.3 Å². The Balaban J connectivity index is 2.15. The minimum absolute atomic E-state index is 0.0264. The second-order valence-electron chi connectivity index (χ2n) is 3.84. The Bertz CT molecular complexity index is 408. The Morgan fingerprint density at radius 2 is 2.38 bits per heavy atom. The zero-order valence-electron chi connectivity index (χ0n) is 8.80. The van der Waals surface area contributed by atoms with Gasteiger partial charge in [0.1, 0.15) is 4.34 Å². The lowest BCUT2D eigenvalue weighted by Gasteiger charge is -2.31. The molecule has 0 aromatic carbocycles. The molecule has 0 bridgehead atoms. The number of carbonyl (C=O) groups is 1. The molecular formula is C10H12Cl2N2OS. The van der Waals surface area contributed by atoms with Crippen molar-refractivity contribution in [3.8, 4) is 0 Å². The van der Waals surface area contributed by atoms with Crippen LogP contribution in [0.5, 0.6) is 0 Å². The molecule has 1 aliphatic heterocycles. The summed E-state index contributed by atoms with van der Waals surface area (Å²) in [7, 11) is 0. The molecule has 0 unspecified atom stereocenters. The quantitative estimate of drug-likeness (QED) is 0.856. The maximum atomic E-state index is 12.1. The number of halogens is 2. The first-order valence-corrected chi connectivity index (χ1v) is 6.62. The second kappa shape index (κ2) is 4.92. The Morgan fingerprint density at radius 3 is 2.94 bits per heavy atom. The molecule has 6 heteroatoms. The number of thiophene rings is 1. The highest BCUT2D eigenvalue weighted by Gasteiger charge is 2.24. The number of rotatable bonds is 1. The predicted molar refractivity (Wildman–Crippen MR) is 67.7 cm³/mol. The van der Waals surface area contributed by atoms with Crippen molar-refractivity contribution in [3.63, 3.8) is 0 Å². The Hall–Kier alpha value is -0.290. The van der Waals surface area contributed by atoms with Gasteiger partial charge in [0.05, 0.1) is 9.90 Å². The summed E-state index contributed by atoms with van der Waals surface area (Å²) in [6, 6.07) is 1.97. The molecule has 2 rings (SSSR count). The molecule has 1 aromatic heterocycles. The van der Waals surface area contributed by atoms with Gasteiger partial charge in [0, 0.05) is 25.7 Å². The first kappa shape index (κ1) is 12.2. The van der Waals surface area contributed by atoms with Crippen molar-refractivity contribution >= 4 is 40.4 Å². The van der Waals surface area contributed by atoms with E-state index in [4.69, 9.17) is 23.2 Å². The van der Waals surface area contributed by atoms with Crippen LogP contribution in [0.1, 0.15) is 17.3 Å². The van der Waals surface area contributed by atoms with Gasteiger partial charge in [0.25, 0.3) is 5.91 Å². The molecule has 1 aromatic rings. The summed E-state index contributed by atoms with van der Waals surface area (Å²) in [5.74, 6) is -0.0264. The summed E-state index contributed by atoms with van der Waals surface area (Å²) >= 11 is 13.0. The highest BCUT2D eigenvalue weighted by Crippen LogP contribution is 2.32. The molecule has 1 atom stereocenters. The van der Waals surface area contributed by atoms with Gasteiger partial charge in [-0.2, -0.15) is 0 Å². The largest absolute Gasteiger partial charge is 0.336 e. The Labute approximate surface area is 108 Å². The van der Waals surface area contributed by atoms with Crippen molar-refractivity contribution in [1.82, 2.24) is 10.2 Å². The SMILES string of the molecule is C[C@@H]1CN(C(=O)c2cc(Cl)sc2Cl)CCN1. The first-order chi connectivity index (χ1) is 7.58. The number of carbonyl (C=O) groups excluding carboxylic acids is 1. The van der Waals surface area contributed by atoms with Crippen LogP contribution in [0.2, 0.25) is 8.67 Å². The van der Waals surface area contributed by atoms with Crippen LogP contribution in [0.3, 0.4) is 0 Å². The van der Waals surface area contributed by atoms with E-state index < -0.39 is 0 Å². The molecule has 0 aliphatic carbocycles. The molecule has 0 spiro atoms. The maximum absolute atomic E-state index is 12.1. The van der Waals surface area contributed by atoms with Crippen molar-refractivity contribution in [2.75, 3.05) is 19.6 Å². The third-order valence-electron chi connectivity index (χ3n) is 2.54. The lowest BCUT2D eigenvalue weighted by Crippen LogP contribution is -2.51. The van der Waals surface area contributed by atoms with Crippen molar-refractivity contribution in [2.45, 2.75) is 13.0 Å². The fourth-order valence-electron chi connectivity index (χ4n) is 1.77. The van der Waals surface area contributed by atoms with E-state index in [1.165, 1.54) is 11.3 Å². The number of nitrogens with zero attached hydrogens (tertiary/aromatic N) is 1. The lowest BCUT2D eigenvalue weighted by atomic mass is 10.2. The summed E-state index contributed by atoms with van der Waals surface area (Å²) in [6.07, 6.45) is 0. The van der Waals surface area contributed by atoms with Crippen molar-refractivity contribution < 1.29 is 4.79 Å². The molecule has 1 amide bonds. The minimum atomic E-state index is -0.0264. The normalized spacial score (nSPS) is 21.2. The van der Waals surface area contributed by atoms with Crippen LogP contribution in [0.4, 0.5) is 0 Å². The molecule has 0 radical (unpaired) electrons. The fourth-order valence-corrected chi connectivity index (χ4v) is 3.22. The number of hydrogen-bond acceptors (Lipinski definition) is 3. The van der Waals surface area contributed by atoms with E-state index in [2.05, 4.69) is 12.2 Å². The summed E-state index contributed by atoms with van der Waals surface area (Å²) in [5.41, 5.74) is 0.519. The highest BCUT2D eigenvalue weighted by atomic mass is 35.5. The minimum Gasteiger partial charge on any atom is -0.336 e. The lowest BCUT2D eigenvalue weighted by molar-refractivity contribution is 0.0710. The van der Waals surface area contributed by atoms with Crippen LogP contribution >= 0.6 is 34.5 Å². The highest BCUT2D eigenvalue weighted by molar-refractivity contribution is 7.20. The molecule has 1 fully saturated rings. The maximum Gasteiger partial charge on any atom is 0.256 e. The van der Waals surface area contributed by atoms with Crippen molar-refractivity contribution in [1.29, 1.82) is 0 Å². The van der Waals surface area contributed by atoms with E-state index in [-0.39, 0.29) is 5.91 Å². The first-order valence-electron chi connectivity index (χ1n) is 5.05. The molecule has 1 saturated heterocycles. The zero-order valence-corrected chi connectivity index (χ0v) is 11.1. The van der Waals surface area contributed by atoms with Gasteiger partial charge in [0.15, 0.2) is 0 Å². The molecule has 3 nitrogen and oxygen atoms in total. The summed E-state index contributed by atoms with van der Waals surface area (Å²) in [5, 5.41) is 3.29. The van der Waals surface area contributed by atoms with E-state index >= 15 is 0 Å². The van der Waals surface area contributed by atoms with E-state index in [1.807, 2.05) is 4.90 Å². The predicted octanol–water partition coefficient (Wildman–Crippen LogP) is 2.49. The monoisotopic (exact) mass is 278 g/mol. The summed E-state index contributed by atoms with van der Waals surface area (Å²) in [6.45, 7) is 4.31. The van der Waals surface area contributed by atoms with Crippen molar-refractivity contribution in [2.24, 2.45) is 0 Å². The van der Waals surface area contributed by atoms with Crippen LogP contribution in [-0.4, -0.2) is 36.5 Å². The average molecular weight is 279 g/mol. The third kappa shape index (κ3) is 2.51. The van der Waals surface area contributed by atoms with Gasteiger partial charge in [-0.1, -0.05) is 23.2 Å². The smallest absolute Gasteiger partial charge is 0.256 e. The number of hydrogen-bond donors (Lipinski definition) is 1. The molecule has 16 heavy (non-hydrogen) atoms. The van der Waals surface area contributed by atoms with Crippen LogP contribution in [0.15, 0.2) is 6.07 Å². The molecular weight excluding hydrogens is 267 g/mol. The van der Waals surface area contributed by atoms with E-state index in [0.29, 0.717) is 33.4 Å². The van der Waals surface area contributed by atoms with Gasteiger partial charge < -0.3 is 10.2 Å². The van der Waals surface area contributed by atoms with Crippen molar-refractivity contribution in [3.05, 3.63) is 20.3 Å². The van der Waals surface area contributed by atoms with Gasteiger partial charge >= 0.3 is 0 Å². The van der Waals surface area contributed by atoms with E-state index in [9.17, 15) is 4.79 Å². The number of nitrogens with one attached hydrogen (secondary N) is 1. The van der Waals surface area contributed by atoms with Gasteiger partial charge in [-0.25, -0.2) is 0 Å². The Morgan fingerprint density at radius 1 is 1.62 bits per heavy atom. The molecule has 0 saturated carbocycles. The van der Waals surface area contributed by atoms with Gasteiger partial charge in [-0.05, 0) is 13.0 Å². The fraction of sp³-hybridized carbons (Fsp3) is 0.500. The van der Waals surface area contributed by atoms with E-state index in [0.717, 1.165) is 6.54 Å². The summed E-state index contributed by atoms with van der Waals surface area (Å²) in [4.78, 5) is 14.0. The topological polar surface area (TPSA) is 32.3 Å². The average Bonchev–Trinajstić information content (AvgIpc) is 2.57. The zero-order chi connectivity index (χ0) is 11.7. The number of amides is 1. The van der Waals surface area contributed by atoms with Gasteiger partial charge in [-0.3, -0.25) is 4.79 Å². The molecule has 1 N–H and O–H groups in total. The Kier molecular flexibility index (Phi) is 3.74. The molecule has 88 valence electrons. The number of piperazine rings is 1. The van der Waals surface area contributed by atoms with Crippen LogP contribution < -0.4 is 5.32 Å². The summed E-state index contributed by atoms with van der Waals surface area (Å²) < 4.78 is 1.03. The molecule has 2 heterocycles. The standard InChI is InChI=1S/C10H12Cl2N2OS/c1-6-5-14(3-2-13-6)10(15)7-4-8(11)16-9(7)12/h4,6,13H,2-3,5H2,1H3/t6-/m1/s1. The van der Waals surface area contributed by atoms with E-state index in [1.54, 1.807) is 6.07 Å². The van der Waals surface area contributed by atoms with Crippen LogP contribution in [0.25, 0.3) is 0 Å². The third-order valence-corrected chi connectivity index (χ3v) is 4.03. The molecule has 1 aliphatic rings. The van der Waals surface area contributed by atoms with Gasteiger partial charge in [0.2, 0.25) is 0 Å². The van der Waals surface area contributed by atoms with Crippen LogP contribution in [-0.2, 0) is 0 Å². The second-order valence-corrected chi connectivity index (χ2v) is 6.13.